The number of carbonyl (C=O) groups excluding carboxylic acids is 1. The maximum atomic E-state index is 10.9. The maximum absolute atomic E-state index is 10.9. The molecule has 0 unspecified atom stereocenters. The summed E-state index contributed by atoms with van der Waals surface area (Å²) in [5.74, 6) is -0.229. The Kier molecular flexibility index (Phi) is 4.23. The fourth-order valence-electron chi connectivity index (χ4n) is 0.510. The predicted molar refractivity (Wildman–Crippen MR) is 47.0 cm³/mol. The highest BCUT2D eigenvalue weighted by Crippen LogP contribution is 2.05. The monoisotopic (exact) mass is 187 g/mol. The molecule has 0 aromatic rings. The van der Waals surface area contributed by atoms with Gasteiger partial charge in [0.25, 0.3) is 0 Å². The fraction of sp³-hybridized carbons (Fsp3) is 0.750. The van der Waals surface area contributed by atoms with Gasteiger partial charge in [0.05, 0.1) is 0 Å². The standard InChI is InChI=1S/C8H16N2O3/c1-6(11)9-5-10-7(12)13-8(2,3)4/h5H2,1-4H3,(H,9,11)(H,10,12)/p-1. The van der Waals surface area contributed by atoms with Crippen LogP contribution >= 0.6 is 0 Å². The zero-order valence-corrected chi connectivity index (χ0v) is 8.38. The van der Waals surface area contributed by atoms with Gasteiger partial charge in [-0.15, -0.1) is 0 Å². The van der Waals surface area contributed by atoms with Crippen molar-refractivity contribution in [1.82, 2.24) is 5.32 Å². The van der Waals surface area contributed by atoms with Crippen molar-refractivity contribution >= 4 is 12.0 Å². The van der Waals surface area contributed by atoms with E-state index in [-0.39, 0.29) is 12.6 Å². The molecule has 1 amide bonds. The summed E-state index contributed by atoms with van der Waals surface area (Å²) in [6.45, 7) is 6.56. The maximum Gasteiger partial charge on any atom is 0.218 e. The molecule has 0 spiro atoms. The first-order chi connectivity index (χ1) is 5.81. The molecule has 0 fully saturated rings. The van der Waals surface area contributed by atoms with Gasteiger partial charge in [-0.1, -0.05) is 20.8 Å². The van der Waals surface area contributed by atoms with E-state index in [1.54, 1.807) is 20.8 Å². The summed E-state index contributed by atoms with van der Waals surface area (Å²) in [5, 5.41) is 13.3. The SMILES string of the molecule is CC(=O)NC/N=C(\[O-])OC(C)(C)C. The van der Waals surface area contributed by atoms with E-state index in [1.165, 1.54) is 6.92 Å². The number of hydrogen-bond donors (Lipinski definition) is 1. The van der Waals surface area contributed by atoms with Crippen LogP contribution in [0.15, 0.2) is 4.99 Å². The van der Waals surface area contributed by atoms with E-state index >= 15 is 0 Å². The van der Waals surface area contributed by atoms with E-state index in [0.717, 1.165) is 0 Å². The Bertz CT molecular complexity index is 206. The van der Waals surface area contributed by atoms with Crippen molar-refractivity contribution in [3.63, 3.8) is 0 Å². The van der Waals surface area contributed by atoms with Crippen molar-refractivity contribution in [3.05, 3.63) is 0 Å². The zero-order valence-electron chi connectivity index (χ0n) is 8.38. The molecule has 0 rings (SSSR count). The number of nitrogens with one attached hydrogen (secondary N) is 1. The Balaban J connectivity index is 3.83. The number of amides is 1. The topological polar surface area (TPSA) is 73.8 Å². The summed E-state index contributed by atoms with van der Waals surface area (Å²) in [7, 11) is 0. The largest absolute Gasteiger partial charge is 0.595 e. The van der Waals surface area contributed by atoms with Gasteiger partial charge in [-0.3, -0.25) is 4.79 Å². The van der Waals surface area contributed by atoms with Crippen LogP contribution in [0.1, 0.15) is 27.7 Å². The van der Waals surface area contributed by atoms with Crippen LogP contribution in [0, 0.1) is 0 Å². The second kappa shape index (κ2) is 4.69. The van der Waals surface area contributed by atoms with Gasteiger partial charge in [0, 0.05) is 12.5 Å². The quantitative estimate of drug-likeness (QED) is 0.472. The highest BCUT2D eigenvalue weighted by atomic mass is 16.6. The molecule has 0 atom stereocenters. The van der Waals surface area contributed by atoms with E-state index in [2.05, 4.69) is 10.3 Å². The van der Waals surface area contributed by atoms with Crippen LogP contribution in [0.2, 0.25) is 0 Å². The molecule has 0 radical (unpaired) electrons. The lowest BCUT2D eigenvalue weighted by atomic mass is 10.2. The Morgan fingerprint density at radius 3 is 2.46 bits per heavy atom. The van der Waals surface area contributed by atoms with Crippen molar-refractivity contribution in [2.45, 2.75) is 33.3 Å². The van der Waals surface area contributed by atoms with Crippen molar-refractivity contribution < 1.29 is 14.6 Å². The van der Waals surface area contributed by atoms with Gasteiger partial charge < -0.3 is 15.2 Å². The number of carbonyl (C=O) groups is 1. The third-order valence-electron chi connectivity index (χ3n) is 0.930. The molecule has 0 heterocycles. The normalized spacial score (nSPS) is 12.5. The van der Waals surface area contributed by atoms with E-state index in [1.807, 2.05) is 0 Å². The molecular weight excluding hydrogens is 172 g/mol. The summed E-state index contributed by atoms with van der Waals surface area (Å²) in [5.41, 5.74) is -0.545. The van der Waals surface area contributed by atoms with Crippen LogP contribution in [0.25, 0.3) is 0 Å². The molecule has 76 valence electrons. The molecule has 5 nitrogen and oxygen atoms in total. The van der Waals surface area contributed by atoms with Crippen molar-refractivity contribution in [3.8, 4) is 0 Å². The van der Waals surface area contributed by atoms with Gasteiger partial charge in [-0.2, -0.15) is 0 Å². The van der Waals surface area contributed by atoms with Crippen molar-refractivity contribution in [2.75, 3.05) is 6.67 Å². The smallest absolute Gasteiger partial charge is 0.218 e. The Hall–Kier alpha value is -1.26. The minimum atomic E-state index is -0.666. The van der Waals surface area contributed by atoms with Gasteiger partial charge >= 0.3 is 0 Å². The summed E-state index contributed by atoms with van der Waals surface area (Å²) >= 11 is 0. The van der Waals surface area contributed by atoms with Gasteiger partial charge in [-0.05, 0) is 0 Å². The molecule has 1 N–H and O–H groups in total. The van der Waals surface area contributed by atoms with Crippen LogP contribution in [-0.2, 0) is 9.53 Å². The zero-order chi connectivity index (χ0) is 10.5. The number of nitrogens with zero attached hydrogens (tertiary/aromatic N) is 1. The molecule has 0 aliphatic rings. The number of ether oxygens (including phenoxy) is 1. The van der Waals surface area contributed by atoms with Crippen LogP contribution in [0.4, 0.5) is 0 Å². The van der Waals surface area contributed by atoms with Crippen molar-refractivity contribution in [1.29, 1.82) is 0 Å². The van der Waals surface area contributed by atoms with Gasteiger partial charge in [-0.25, -0.2) is 4.99 Å². The molecule has 0 saturated heterocycles. The summed E-state index contributed by atoms with van der Waals surface area (Å²) < 4.78 is 4.86. The van der Waals surface area contributed by atoms with Gasteiger partial charge in [0.1, 0.15) is 12.8 Å². The second-order valence-corrected chi connectivity index (χ2v) is 3.53. The first-order valence-electron chi connectivity index (χ1n) is 3.96. The Morgan fingerprint density at radius 2 is 2.08 bits per heavy atom. The average molecular weight is 187 g/mol. The minimum absolute atomic E-state index is 0.0375. The predicted octanol–water partition coefficient (Wildman–Crippen LogP) is -0.389. The molecule has 0 aromatic carbocycles. The van der Waals surface area contributed by atoms with Crippen LogP contribution in [0.3, 0.4) is 0 Å². The molecule has 0 saturated carbocycles. The lowest BCUT2D eigenvalue weighted by Gasteiger charge is -2.29. The highest BCUT2D eigenvalue weighted by molar-refractivity contribution is 5.73. The number of hydrogen-bond acceptors (Lipinski definition) is 4. The van der Waals surface area contributed by atoms with Gasteiger partial charge in [0.15, 0.2) is 0 Å². The summed E-state index contributed by atoms with van der Waals surface area (Å²) in [6, 6.07) is 0. The van der Waals surface area contributed by atoms with Crippen LogP contribution < -0.4 is 10.4 Å². The fourth-order valence-corrected chi connectivity index (χ4v) is 0.510. The van der Waals surface area contributed by atoms with Crippen LogP contribution in [-0.4, -0.2) is 24.3 Å². The first kappa shape index (κ1) is 11.7. The third-order valence-corrected chi connectivity index (χ3v) is 0.930. The molecular formula is C8H15N2O3-. The van der Waals surface area contributed by atoms with Crippen LogP contribution in [0.5, 0.6) is 0 Å². The van der Waals surface area contributed by atoms with Crippen molar-refractivity contribution in [2.24, 2.45) is 4.99 Å². The summed E-state index contributed by atoms with van der Waals surface area (Å²) in [4.78, 5) is 13.8. The van der Waals surface area contributed by atoms with E-state index < -0.39 is 11.7 Å². The van der Waals surface area contributed by atoms with Gasteiger partial charge in [0.2, 0.25) is 5.91 Å². The molecule has 5 heteroatoms. The Morgan fingerprint density at radius 1 is 1.54 bits per heavy atom. The lowest BCUT2D eigenvalue weighted by Crippen LogP contribution is -2.33. The first-order valence-corrected chi connectivity index (χ1v) is 3.96. The van der Waals surface area contributed by atoms with E-state index in [4.69, 9.17) is 4.74 Å². The van der Waals surface area contributed by atoms with E-state index in [9.17, 15) is 9.90 Å². The molecule has 0 bridgehead atoms. The third kappa shape index (κ3) is 8.65. The molecule has 0 aliphatic carbocycles. The molecule has 0 aliphatic heterocycles. The highest BCUT2D eigenvalue weighted by Gasteiger charge is 2.03. The lowest BCUT2D eigenvalue weighted by molar-refractivity contribution is -0.260. The summed E-state index contributed by atoms with van der Waals surface area (Å²) in [6.07, 6.45) is -0.666. The van der Waals surface area contributed by atoms with E-state index in [0.29, 0.717) is 0 Å². The molecule has 13 heavy (non-hydrogen) atoms. The number of aliphatic imine (C=N–C) groups is 1. The minimum Gasteiger partial charge on any atom is -0.595 e. The molecule has 0 aromatic heterocycles. The Labute approximate surface area is 77.8 Å². The number of rotatable bonds is 2. The average Bonchev–Trinajstić information content (AvgIpc) is 1.81. The second-order valence-electron chi connectivity index (χ2n) is 3.53.